The quantitative estimate of drug-likeness (QED) is 0.646. The van der Waals surface area contributed by atoms with E-state index in [1.807, 2.05) is 6.92 Å². The van der Waals surface area contributed by atoms with Crippen molar-refractivity contribution in [3.8, 4) is 0 Å². The van der Waals surface area contributed by atoms with Gasteiger partial charge in [-0.15, -0.1) is 12.4 Å². The molecule has 14 heavy (non-hydrogen) atoms. The lowest BCUT2D eigenvalue weighted by molar-refractivity contribution is -0.380. The highest BCUT2D eigenvalue weighted by molar-refractivity contribution is 7.15. The SMILES string of the molecule is CCC[C@H](N)c1ccc([N+](=O)[O-])s1.Cl. The van der Waals surface area contributed by atoms with E-state index in [1.54, 1.807) is 6.07 Å². The minimum Gasteiger partial charge on any atom is -0.323 e. The lowest BCUT2D eigenvalue weighted by Gasteiger charge is -2.05. The van der Waals surface area contributed by atoms with E-state index in [1.165, 1.54) is 6.07 Å². The number of nitro groups is 1. The van der Waals surface area contributed by atoms with Gasteiger partial charge in [-0.3, -0.25) is 10.1 Å². The second-order valence-electron chi connectivity index (χ2n) is 2.83. The van der Waals surface area contributed by atoms with Crippen LogP contribution in [-0.4, -0.2) is 4.92 Å². The molecule has 0 saturated heterocycles. The molecular weight excluding hydrogens is 224 g/mol. The normalized spacial score (nSPS) is 11.9. The molecule has 0 aliphatic rings. The van der Waals surface area contributed by atoms with Crippen LogP contribution >= 0.6 is 23.7 Å². The van der Waals surface area contributed by atoms with Crippen LogP contribution in [0.1, 0.15) is 30.7 Å². The van der Waals surface area contributed by atoms with Crippen molar-refractivity contribution >= 4 is 28.7 Å². The summed E-state index contributed by atoms with van der Waals surface area (Å²) in [5.74, 6) is 0. The summed E-state index contributed by atoms with van der Waals surface area (Å²) in [5, 5.41) is 10.5. The van der Waals surface area contributed by atoms with Gasteiger partial charge in [-0.05, 0) is 12.5 Å². The van der Waals surface area contributed by atoms with Crippen LogP contribution in [0.2, 0.25) is 0 Å². The zero-order valence-corrected chi connectivity index (χ0v) is 9.44. The van der Waals surface area contributed by atoms with Crippen molar-refractivity contribution in [2.75, 3.05) is 0 Å². The molecule has 0 spiro atoms. The smallest absolute Gasteiger partial charge is 0.323 e. The standard InChI is InChI=1S/C8H12N2O2S.ClH/c1-2-3-6(9)7-4-5-8(13-7)10(11)12;/h4-6H,2-3,9H2,1H3;1H/t6-;/m0./s1. The van der Waals surface area contributed by atoms with Crippen LogP contribution in [0.4, 0.5) is 5.00 Å². The number of halogens is 1. The maximum Gasteiger partial charge on any atom is 0.324 e. The van der Waals surface area contributed by atoms with Gasteiger partial charge in [0.25, 0.3) is 0 Å². The molecule has 6 heteroatoms. The Morgan fingerprint density at radius 3 is 2.71 bits per heavy atom. The fraction of sp³-hybridized carbons (Fsp3) is 0.500. The molecule has 2 N–H and O–H groups in total. The van der Waals surface area contributed by atoms with Gasteiger partial charge in [0.15, 0.2) is 0 Å². The van der Waals surface area contributed by atoms with Gasteiger partial charge >= 0.3 is 5.00 Å². The van der Waals surface area contributed by atoms with Crippen LogP contribution in [-0.2, 0) is 0 Å². The van der Waals surface area contributed by atoms with Crippen molar-refractivity contribution in [2.45, 2.75) is 25.8 Å². The highest BCUT2D eigenvalue weighted by Crippen LogP contribution is 2.29. The minimum absolute atomic E-state index is 0. The van der Waals surface area contributed by atoms with Gasteiger partial charge in [0.1, 0.15) is 0 Å². The topological polar surface area (TPSA) is 69.2 Å². The maximum absolute atomic E-state index is 10.4. The first-order valence-corrected chi connectivity index (χ1v) is 4.96. The zero-order chi connectivity index (χ0) is 9.84. The van der Waals surface area contributed by atoms with Crippen LogP contribution in [0.5, 0.6) is 0 Å². The van der Waals surface area contributed by atoms with Crippen molar-refractivity contribution in [3.05, 3.63) is 27.1 Å². The molecule has 1 aromatic rings. The first kappa shape index (κ1) is 13.4. The number of hydrogen-bond acceptors (Lipinski definition) is 4. The van der Waals surface area contributed by atoms with Gasteiger partial charge in [0, 0.05) is 17.0 Å². The number of thiophene rings is 1. The highest BCUT2D eigenvalue weighted by atomic mass is 35.5. The van der Waals surface area contributed by atoms with E-state index in [-0.39, 0.29) is 28.4 Å². The summed E-state index contributed by atoms with van der Waals surface area (Å²) in [4.78, 5) is 10.9. The summed E-state index contributed by atoms with van der Waals surface area (Å²) in [6.07, 6.45) is 1.87. The largest absolute Gasteiger partial charge is 0.324 e. The van der Waals surface area contributed by atoms with E-state index in [2.05, 4.69) is 0 Å². The molecule has 0 radical (unpaired) electrons. The van der Waals surface area contributed by atoms with Gasteiger partial charge < -0.3 is 5.73 Å². The molecule has 0 bridgehead atoms. The summed E-state index contributed by atoms with van der Waals surface area (Å²) in [5.41, 5.74) is 5.81. The maximum atomic E-state index is 10.4. The van der Waals surface area contributed by atoms with E-state index < -0.39 is 0 Å². The molecule has 0 saturated carbocycles. The Labute approximate surface area is 92.7 Å². The monoisotopic (exact) mass is 236 g/mol. The van der Waals surface area contributed by atoms with Crippen molar-refractivity contribution in [1.82, 2.24) is 0 Å². The molecule has 1 atom stereocenters. The van der Waals surface area contributed by atoms with Gasteiger partial charge in [0.05, 0.1) is 4.92 Å². The Morgan fingerprint density at radius 1 is 1.64 bits per heavy atom. The number of rotatable bonds is 4. The molecule has 0 amide bonds. The zero-order valence-electron chi connectivity index (χ0n) is 7.80. The van der Waals surface area contributed by atoms with Crippen LogP contribution < -0.4 is 5.73 Å². The summed E-state index contributed by atoms with van der Waals surface area (Å²) < 4.78 is 0. The molecule has 80 valence electrons. The Hall–Kier alpha value is -0.650. The molecule has 1 aromatic heterocycles. The average Bonchev–Trinajstić information content (AvgIpc) is 2.52. The van der Waals surface area contributed by atoms with Crippen LogP contribution in [0, 0.1) is 10.1 Å². The molecule has 0 fully saturated rings. The molecular formula is C8H13ClN2O2S. The Morgan fingerprint density at radius 2 is 2.29 bits per heavy atom. The summed E-state index contributed by atoms with van der Waals surface area (Å²) in [7, 11) is 0. The third-order valence-electron chi connectivity index (χ3n) is 1.76. The van der Waals surface area contributed by atoms with Crippen molar-refractivity contribution < 1.29 is 4.92 Å². The fourth-order valence-corrected chi connectivity index (χ4v) is 1.95. The van der Waals surface area contributed by atoms with Crippen LogP contribution in [0.15, 0.2) is 12.1 Å². The van der Waals surface area contributed by atoms with Gasteiger partial charge in [-0.25, -0.2) is 0 Å². The third kappa shape index (κ3) is 3.25. The van der Waals surface area contributed by atoms with E-state index in [4.69, 9.17) is 5.73 Å². The minimum atomic E-state index is -0.382. The summed E-state index contributed by atoms with van der Waals surface area (Å²) >= 11 is 1.16. The van der Waals surface area contributed by atoms with Crippen LogP contribution in [0.25, 0.3) is 0 Å². The Kier molecular flexibility index (Phi) is 5.68. The van der Waals surface area contributed by atoms with Gasteiger partial charge in [-0.1, -0.05) is 24.7 Å². The fourth-order valence-electron chi connectivity index (χ4n) is 1.09. The van der Waals surface area contributed by atoms with Crippen molar-refractivity contribution in [3.63, 3.8) is 0 Å². The molecule has 0 unspecified atom stereocenters. The van der Waals surface area contributed by atoms with Crippen molar-refractivity contribution in [1.29, 1.82) is 0 Å². The van der Waals surface area contributed by atoms with Gasteiger partial charge in [-0.2, -0.15) is 0 Å². The molecule has 1 rings (SSSR count). The Balaban J connectivity index is 0.00000169. The molecule has 4 nitrogen and oxygen atoms in total. The molecule has 1 heterocycles. The van der Waals surface area contributed by atoms with E-state index >= 15 is 0 Å². The lowest BCUT2D eigenvalue weighted by Crippen LogP contribution is -2.07. The first-order chi connectivity index (χ1) is 6.15. The third-order valence-corrected chi connectivity index (χ3v) is 2.93. The average molecular weight is 237 g/mol. The summed E-state index contributed by atoms with van der Waals surface area (Å²) in [6, 6.07) is 3.20. The first-order valence-electron chi connectivity index (χ1n) is 4.15. The van der Waals surface area contributed by atoms with Crippen molar-refractivity contribution in [2.24, 2.45) is 5.73 Å². The second-order valence-corrected chi connectivity index (χ2v) is 3.92. The number of hydrogen-bond donors (Lipinski definition) is 1. The second kappa shape index (κ2) is 5.95. The highest BCUT2D eigenvalue weighted by Gasteiger charge is 2.13. The lowest BCUT2D eigenvalue weighted by atomic mass is 10.1. The van der Waals surface area contributed by atoms with Gasteiger partial charge in [0.2, 0.25) is 0 Å². The Bertz CT molecular complexity index is 303. The molecule has 0 aliphatic heterocycles. The van der Waals surface area contributed by atoms with E-state index in [0.29, 0.717) is 0 Å². The van der Waals surface area contributed by atoms with E-state index in [9.17, 15) is 10.1 Å². The van der Waals surface area contributed by atoms with Crippen LogP contribution in [0.3, 0.4) is 0 Å². The predicted molar refractivity (Wildman–Crippen MR) is 60.1 cm³/mol. The molecule has 0 aromatic carbocycles. The number of nitrogens with two attached hydrogens (primary N) is 1. The number of nitrogens with zero attached hydrogens (tertiary/aromatic N) is 1. The predicted octanol–water partition coefficient (Wildman–Crippen LogP) is 2.88. The van der Waals surface area contributed by atoms with E-state index in [0.717, 1.165) is 29.1 Å². The molecule has 0 aliphatic carbocycles. The summed E-state index contributed by atoms with van der Waals surface area (Å²) in [6.45, 7) is 2.04.